The van der Waals surface area contributed by atoms with E-state index in [4.69, 9.17) is 9.84 Å². The molecule has 2 aromatic rings. The van der Waals surface area contributed by atoms with Crippen LogP contribution in [0.1, 0.15) is 10.4 Å². The molecular weight excluding hydrogens is 341 g/mol. The molecule has 2 N–H and O–H groups in total. The molecule has 0 aliphatic rings. The maximum Gasteiger partial charge on any atom is 0.335 e. The minimum Gasteiger partial charge on any atom is -0.492 e. The lowest BCUT2D eigenvalue weighted by atomic mass is 10.2. The van der Waals surface area contributed by atoms with Gasteiger partial charge in [-0.25, -0.2) is 9.18 Å². The van der Waals surface area contributed by atoms with Gasteiger partial charge in [0, 0.05) is 12.2 Å². The zero-order valence-electron chi connectivity index (χ0n) is 11.0. The molecular formula is C15H13BrFNO3. The fraction of sp³-hybridized carbons (Fsp3) is 0.133. The molecule has 0 aliphatic carbocycles. The molecule has 0 bridgehead atoms. The van der Waals surface area contributed by atoms with Gasteiger partial charge in [0.25, 0.3) is 0 Å². The highest BCUT2D eigenvalue weighted by molar-refractivity contribution is 9.10. The van der Waals surface area contributed by atoms with Gasteiger partial charge in [0.2, 0.25) is 0 Å². The Morgan fingerprint density at radius 3 is 2.81 bits per heavy atom. The third-order valence-corrected chi connectivity index (χ3v) is 3.31. The molecule has 0 spiro atoms. The quantitative estimate of drug-likeness (QED) is 0.776. The number of carboxylic acid groups (broad SMARTS) is 1. The van der Waals surface area contributed by atoms with Gasteiger partial charge in [-0.05, 0) is 52.3 Å². The summed E-state index contributed by atoms with van der Waals surface area (Å²) in [6.45, 7) is 0.868. The number of carboxylic acids is 1. The summed E-state index contributed by atoms with van der Waals surface area (Å²) in [4.78, 5) is 10.8. The van der Waals surface area contributed by atoms with Crippen molar-refractivity contribution in [3.63, 3.8) is 0 Å². The third-order valence-electron chi connectivity index (χ3n) is 2.70. The molecule has 0 aliphatic heterocycles. The van der Waals surface area contributed by atoms with Gasteiger partial charge in [0.05, 0.1) is 10.0 Å². The van der Waals surface area contributed by atoms with Gasteiger partial charge in [-0.1, -0.05) is 6.07 Å². The maximum atomic E-state index is 13.1. The van der Waals surface area contributed by atoms with E-state index in [9.17, 15) is 9.18 Å². The highest BCUT2D eigenvalue weighted by Gasteiger charge is 2.04. The van der Waals surface area contributed by atoms with E-state index in [1.165, 1.54) is 18.2 Å². The predicted molar refractivity (Wildman–Crippen MR) is 81.5 cm³/mol. The second-order valence-electron chi connectivity index (χ2n) is 4.24. The molecule has 2 rings (SSSR count). The fourth-order valence-electron chi connectivity index (χ4n) is 1.69. The summed E-state index contributed by atoms with van der Waals surface area (Å²) in [6, 6.07) is 10.9. The number of halogens is 2. The second kappa shape index (κ2) is 7.08. The van der Waals surface area contributed by atoms with Crippen LogP contribution >= 0.6 is 15.9 Å². The predicted octanol–water partition coefficient (Wildman–Crippen LogP) is 3.78. The van der Waals surface area contributed by atoms with E-state index in [0.29, 0.717) is 23.4 Å². The van der Waals surface area contributed by atoms with Gasteiger partial charge in [-0.3, -0.25) is 0 Å². The van der Waals surface area contributed by atoms with Gasteiger partial charge in [0.1, 0.15) is 18.2 Å². The van der Waals surface area contributed by atoms with Crippen molar-refractivity contribution >= 4 is 27.6 Å². The largest absolute Gasteiger partial charge is 0.492 e. The van der Waals surface area contributed by atoms with Gasteiger partial charge >= 0.3 is 5.97 Å². The van der Waals surface area contributed by atoms with Crippen LogP contribution in [0, 0.1) is 5.82 Å². The summed E-state index contributed by atoms with van der Waals surface area (Å²) >= 11 is 3.11. The first-order chi connectivity index (χ1) is 10.1. The van der Waals surface area contributed by atoms with Crippen LogP contribution in [0.15, 0.2) is 46.9 Å². The molecule has 2 aromatic carbocycles. The molecule has 4 nitrogen and oxygen atoms in total. The van der Waals surface area contributed by atoms with Crippen molar-refractivity contribution < 1.29 is 19.0 Å². The van der Waals surface area contributed by atoms with Crippen LogP contribution in [0.2, 0.25) is 0 Å². The van der Waals surface area contributed by atoms with E-state index in [-0.39, 0.29) is 11.4 Å². The fourth-order valence-corrected chi connectivity index (χ4v) is 2.07. The van der Waals surface area contributed by atoms with E-state index in [1.807, 2.05) is 0 Å². The normalized spacial score (nSPS) is 10.2. The second-order valence-corrected chi connectivity index (χ2v) is 5.09. The van der Waals surface area contributed by atoms with E-state index in [2.05, 4.69) is 21.2 Å². The van der Waals surface area contributed by atoms with Crippen LogP contribution in [-0.2, 0) is 0 Å². The molecule has 0 heterocycles. The van der Waals surface area contributed by atoms with Crippen LogP contribution < -0.4 is 10.1 Å². The molecule has 110 valence electrons. The topological polar surface area (TPSA) is 58.6 Å². The Hall–Kier alpha value is -2.08. The Bertz CT molecular complexity index is 649. The molecule has 0 saturated heterocycles. The lowest BCUT2D eigenvalue weighted by molar-refractivity contribution is 0.0696. The van der Waals surface area contributed by atoms with Gasteiger partial charge in [0.15, 0.2) is 0 Å². The molecule has 0 atom stereocenters. The number of nitrogens with one attached hydrogen (secondary N) is 1. The number of hydrogen-bond donors (Lipinski definition) is 2. The van der Waals surface area contributed by atoms with Crippen molar-refractivity contribution in [3.8, 4) is 5.75 Å². The monoisotopic (exact) mass is 353 g/mol. The average molecular weight is 354 g/mol. The number of rotatable bonds is 6. The number of anilines is 1. The molecule has 21 heavy (non-hydrogen) atoms. The summed E-state index contributed by atoms with van der Waals surface area (Å²) < 4.78 is 18.9. The van der Waals surface area contributed by atoms with Crippen LogP contribution in [-0.4, -0.2) is 24.2 Å². The molecule has 0 saturated carbocycles. The highest BCUT2D eigenvalue weighted by atomic mass is 79.9. The number of benzene rings is 2. The Balaban J connectivity index is 1.83. The summed E-state index contributed by atoms with van der Waals surface area (Å²) in [5.74, 6) is -0.811. The lowest BCUT2D eigenvalue weighted by Gasteiger charge is -2.09. The molecule has 0 radical (unpaired) electrons. The Kier molecular flexibility index (Phi) is 5.16. The summed E-state index contributed by atoms with van der Waals surface area (Å²) in [7, 11) is 0. The molecule has 0 unspecified atom stereocenters. The first-order valence-corrected chi connectivity index (χ1v) is 7.00. The minimum absolute atomic E-state index is 0.183. The van der Waals surface area contributed by atoms with Crippen LogP contribution in [0.25, 0.3) is 0 Å². The Morgan fingerprint density at radius 1 is 1.29 bits per heavy atom. The van der Waals surface area contributed by atoms with Crippen molar-refractivity contribution in [2.45, 2.75) is 0 Å². The first-order valence-electron chi connectivity index (χ1n) is 6.21. The van der Waals surface area contributed by atoms with Crippen LogP contribution in [0.3, 0.4) is 0 Å². The molecule has 0 aromatic heterocycles. The zero-order valence-corrected chi connectivity index (χ0v) is 12.6. The maximum absolute atomic E-state index is 13.1. The third kappa shape index (κ3) is 4.46. The van der Waals surface area contributed by atoms with Gasteiger partial charge in [-0.2, -0.15) is 0 Å². The smallest absolute Gasteiger partial charge is 0.335 e. The van der Waals surface area contributed by atoms with E-state index < -0.39 is 5.97 Å². The van der Waals surface area contributed by atoms with E-state index in [1.54, 1.807) is 24.3 Å². The van der Waals surface area contributed by atoms with Crippen molar-refractivity contribution in [3.05, 3.63) is 58.3 Å². The summed E-state index contributed by atoms with van der Waals surface area (Å²) in [5, 5.41) is 12.0. The SMILES string of the molecule is O=C(O)c1cccc(OCCNc2ccc(F)c(Br)c2)c1. The number of aromatic carboxylic acids is 1. The highest BCUT2D eigenvalue weighted by Crippen LogP contribution is 2.19. The molecule has 0 fully saturated rings. The van der Waals surface area contributed by atoms with Gasteiger partial charge < -0.3 is 15.2 Å². The van der Waals surface area contributed by atoms with Gasteiger partial charge in [-0.15, -0.1) is 0 Å². The Labute approximate surface area is 129 Å². The van der Waals surface area contributed by atoms with E-state index in [0.717, 1.165) is 5.69 Å². The summed E-state index contributed by atoms with van der Waals surface area (Å²) in [6.07, 6.45) is 0. The average Bonchev–Trinajstić information content (AvgIpc) is 2.47. The van der Waals surface area contributed by atoms with Crippen molar-refractivity contribution in [1.82, 2.24) is 0 Å². The summed E-state index contributed by atoms with van der Waals surface area (Å²) in [5.41, 5.74) is 0.953. The number of ether oxygens (including phenoxy) is 1. The van der Waals surface area contributed by atoms with Crippen LogP contribution in [0.5, 0.6) is 5.75 Å². The Morgan fingerprint density at radius 2 is 2.10 bits per heavy atom. The lowest BCUT2D eigenvalue weighted by Crippen LogP contribution is -2.11. The van der Waals surface area contributed by atoms with E-state index >= 15 is 0 Å². The van der Waals surface area contributed by atoms with Crippen molar-refractivity contribution in [2.24, 2.45) is 0 Å². The molecule has 6 heteroatoms. The van der Waals surface area contributed by atoms with Crippen molar-refractivity contribution in [1.29, 1.82) is 0 Å². The van der Waals surface area contributed by atoms with Crippen molar-refractivity contribution in [2.75, 3.05) is 18.5 Å². The minimum atomic E-state index is -0.991. The first kappa shape index (κ1) is 15.3. The number of carbonyl (C=O) groups is 1. The zero-order chi connectivity index (χ0) is 15.2. The molecule has 0 amide bonds. The number of hydrogen-bond acceptors (Lipinski definition) is 3. The van der Waals surface area contributed by atoms with Crippen LogP contribution in [0.4, 0.5) is 10.1 Å². The standard InChI is InChI=1S/C15H13BrFNO3/c16-13-9-11(4-5-14(13)17)18-6-7-21-12-3-1-2-10(8-12)15(19)20/h1-5,8-9,18H,6-7H2,(H,19,20).